The van der Waals surface area contributed by atoms with E-state index < -0.39 is 0 Å². The third kappa shape index (κ3) is 5.30. The first-order valence-electron chi connectivity index (χ1n) is 11.0. The fraction of sp³-hybridized carbons (Fsp3) is 0.417. The molecule has 0 atom stereocenters. The van der Waals surface area contributed by atoms with Gasteiger partial charge in [-0.3, -0.25) is 9.59 Å². The van der Waals surface area contributed by atoms with Crippen molar-refractivity contribution in [2.24, 2.45) is 0 Å². The minimum absolute atomic E-state index is 0.0853. The van der Waals surface area contributed by atoms with Crippen molar-refractivity contribution in [2.75, 3.05) is 16.4 Å². The van der Waals surface area contributed by atoms with E-state index in [1.54, 1.807) is 35.6 Å². The van der Waals surface area contributed by atoms with Crippen molar-refractivity contribution in [1.29, 1.82) is 0 Å². The van der Waals surface area contributed by atoms with Crippen LogP contribution < -0.4 is 10.6 Å². The molecule has 0 radical (unpaired) electrons. The van der Waals surface area contributed by atoms with Crippen molar-refractivity contribution >= 4 is 56.5 Å². The Balaban J connectivity index is 1.49. The zero-order valence-corrected chi connectivity index (χ0v) is 20.3. The van der Waals surface area contributed by atoms with Gasteiger partial charge in [0.1, 0.15) is 15.7 Å². The van der Waals surface area contributed by atoms with Crippen molar-refractivity contribution < 1.29 is 9.59 Å². The largest absolute Gasteiger partial charge is 0.326 e. The van der Waals surface area contributed by atoms with E-state index in [4.69, 9.17) is 9.97 Å². The van der Waals surface area contributed by atoms with Crippen LogP contribution in [0.15, 0.2) is 29.3 Å². The van der Waals surface area contributed by atoms with Crippen LogP contribution in [0.25, 0.3) is 10.2 Å². The van der Waals surface area contributed by atoms with Gasteiger partial charge in [-0.15, -0.1) is 11.3 Å². The van der Waals surface area contributed by atoms with Crippen LogP contribution in [-0.4, -0.2) is 27.5 Å². The first-order valence-corrected chi connectivity index (χ1v) is 12.8. The highest BCUT2D eigenvalue weighted by molar-refractivity contribution is 8.00. The molecule has 4 rings (SSSR count). The summed E-state index contributed by atoms with van der Waals surface area (Å²) in [6.45, 7) is 5.69. The predicted molar refractivity (Wildman–Crippen MR) is 133 cm³/mol. The number of thiophene rings is 1. The van der Waals surface area contributed by atoms with Gasteiger partial charge in [0.05, 0.1) is 5.75 Å². The number of carbonyl (C=O) groups is 2. The van der Waals surface area contributed by atoms with E-state index in [1.807, 2.05) is 0 Å². The standard InChI is InChI=1S/C24H28N4O2S2/c1-14-15(2)32-24-21(14)23(27-22(28-24)17-7-5-4-6-8-17)31-13-20(30)26-19-11-9-18(10-12-19)25-16(3)29/h9-12,17H,4-8,13H2,1-3H3,(H,25,29)(H,26,30). The maximum atomic E-state index is 12.6. The van der Waals surface area contributed by atoms with Crippen molar-refractivity contribution in [2.45, 2.75) is 63.8 Å². The molecular formula is C24H28N4O2S2. The number of rotatable bonds is 6. The molecule has 1 saturated carbocycles. The molecule has 6 nitrogen and oxygen atoms in total. The number of anilines is 2. The van der Waals surface area contributed by atoms with Gasteiger partial charge in [-0.25, -0.2) is 9.97 Å². The van der Waals surface area contributed by atoms with Crippen LogP contribution >= 0.6 is 23.1 Å². The molecule has 1 aromatic carbocycles. The number of thioether (sulfide) groups is 1. The zero-order valence-electron chi connectivity index (χ0n) is 18.7. The summed E-state index contributed by atoms with van der Waals surface area (Å²) in [6, 6.07) is 7.10. The molecule has 2 heterocycles. The summed E-state index contributed by atoms with van der Waals surface area (Å²) in [5.41, 5.74) is 2.60. The zero-order chi connectivity index (χ0) is 22.7. The summed E-state index contributed by atoms with van der Waals surface area (Å²) < 4.78 is 0. The molecule has 168 valence electrons. The number of hydrogen-bond donors (Lipinski definition) is 2. The normalized spacial score (nSPS) is 14.5. The molecule has 32 heavy (non-hydrogen) atoms. The molecule has 8 heteroatoms. The highest BCUT2D eigenvalue weighted by Crippen LogP contribution is 2.38. The second-order valence-corrected chi connectivity index (χ2v) is 10.4. The Hall–Kier alpha value is -2.45. The summed E-state index contributed by atoms with van der Waals surface area (Å²) in [6.07, 6.45) is 6.06. The van der Waals surface area contributed by atoms with Crippen LogP contribution in [0.4, 0.5) is 11.4 Å². The molecule has 0 unspecified atom stereocenters. The second-order valence-electron chi connectivity index (χ2n) is 8.28. The van der Waals surface area contributed by atoms with Crippen molar-refractivity contribution in [3.63, 3.8) is 0 Å². The molecule has 2 aromatic heterocycles. The van der Waals surface area contributed by atoms with E-state index in [0.717, 1.165) is 33.9 Å². The van der Waals surface area contributed by atoms with Crippen molar-refractivity contribution in [3.8, 4) is 0 Å². The minimum Gasteiger partial charge on any atom is -0.326 e. The summed E-state index contributed by atoms with van der Waals surface area (Å²) >= 11 is 3.20. The van der Waals surface area contributed by atoms with Crippen LogP contribution in [0, 0.1) is 13.8 Å². The summed E-state index contributed by atoms with van der Waals surface area (Å²) in [4.78, 5) is 35.9. The van der Waals surface area contributed by atoms with E-state index in [1.165, 1.54) is 48.4 Å². The van der Waals surface area contributed by atoms with Crippen LogP contribution in [0.2, 0.25) is 0 Å². The average molecular weight is 469 g/mol. The fourth-order valence-corrected chi connectivity index (χ4v) is 6.04. The van der Waals surface area contributed by atoms with Gasteiger partial charge in [0.2, 0.25) is 11.8 Å². The molecule has 1 fully saturated rings. The number of nitrogens with zero attached hydrogens (tertiary/aromatic N) is 2. The third-order valence-corrected chi connectivity index (χ3v) is 7.89. The van der Waals surface area contributed by atoms with E-state index in [2.05, 4.69) is 24.5 Å². The highest BCUT2D eigenvalue weighted by atomic mass is 32.2. The molecule has 0 spiro atoms. The molecular weight excluding hydrogens is 440 g/mol. The average Bonchev–Trinajstić information content (AvgIpc) is 3.07. The van der Waals surface area contributed by atoms with Gasteiger partial charge in [-0.1, -0.05) is 31.0 Å². The van der Waals surface area contributed by atoms with Gasteiger partial charge in [0, 0.05) is 34.5 Å². The molecule has 2 amide bonds. The molecule has 1 aliphatic carbocycles. The van der Waals surface area contributed by atoms with Crippen molar-refractivity contribution in [3.05, 3.63) is 40.5 Å². The number of fused-ring (bicyclic) bond motifs is 1. The van der Waals surface area contributed by atoms with Gasteiger partial charge >= 0.3 is 0 Å². The second kappa shape index (κ2) is 10.0. The third-order valence-electron chi connectivity index (χ3n) is 5.81. The Morgan fingerprint density at radius 2 is 1.69 bits per heavy atom. The van der Waals surface area contributed by atoms with E-state index >= 15 is 0 Å². The lowest BCUT2D eigenvalue weighted by atomic mass is 9.89. The summed E-state index contributed by atoms with van der Waals surface area (Å²) in [5.74, 6) is 1.43. The smallest absolute Gasteiger partial charge is 0.234 e. The lowest BCUT2D eigenvalue weighted by Crippen LogP contribution is -2.15. The Morgan fingerprint density at radius 3 is 2.34 bits per heavy atom. The van der Waals surface area contributed by atoms with Gasteiger partial charge < -0.3 is 10.6 Å². The topological polar surface area (TPSA) is 84.0 Å². The monoisotopic (exact) mass is 468 g/mol. The van der Waals surface area contributed by atoms with Gasteiger partial charge in [0.25, 0.3) is 0 Å². The van der Waals surface area contributed by atoms with Gasteiger partial charge in [0.15, 0.2) is 0 Å². The maximum Gasteiger partial charge on any atom is 0.234 e. The molecule has 2 N–H and O–H groups in total. The minimum atomic E-state index is -0.124. The van der Waals surface area contributed by atoms with Gasteiger partial charge in [-0.05, 0) is 56.5 Å². The Kier molecular flexibility index (Phi) is 7.10. The van der Waals surface area contributed by atoms with E-state index in [9.17, 15) is 9.59 Å². The van der Waals surface area contributed by atoms with E-state index in [-0.39, 0.29) is 17.6 Å². The van der Waals surface area contributed by atoms with Crippen LogP contribution in [0.1, 0.15) is 61.2 Å². The highest BCUT2D eigenvalue weighted by Gasteiger charge is 2.22. The number of hydrogen-bond acceptors (Lipinski definition) is 6. The van der Waals surface area contributed by atoms with Crippen LogP contribution in [0.5, 0.6) is 0 Å². The quantitative estimate of drug-likeness (QED) is 0.340. The number of amides is 2. The maximum absolute atomic E-state index is 12.6. The molecule has 3 aromatic rings. The summed E-state index contributed by atoms with van der Waals surface area (Å²) in [5, 5.41) is 7.64. The molecule has 0 aliphatic heterocycles. The van der Waals surface area contributed by atoms with E-state index in [0.29, 0.717) is 17.3 Å². The molecule has 1 aliphatic rings. The number of aryl methyl sites for hydroxylation is 2. The Labute approximate surface area is 196 Å². The van der Waals surface area contributed by atoms with Crippen LogP contribution in [-0.2, 0) is 9.59 Å². The predicted octanol–water partition coefficient (Wildman–Crippen LogP) is 6.05. The number of aromatic nitrogens is 2. The summed E-state index contributed by atoms with van der Waals surface area (Å²) in [7, 11) is 0. The number of nitrogens with one attached hydrogen (secondary N) is 2. The Bertz CT molecular complexity index is 1140. The Morgan fingerprint density at radius 1 is 1.03 bits per heavy atom. The SMILES string of the molecule is CC(=O)Nc1ccc(NC(=O)CSc2nc(C3CCCCC3)nc3sc(C)c(C)c23)cc1. The number of carbonyl (C=O) groups excluding carboxylic acids is 2. The first-order chi connectivity index (χ1) is 15.4. The van der Waals surface area contributed by atoms with Crippen molar-refractivity contribution in [1.82, 2.24) is 9.97 Å². The van der Waals surface area contributed by atoms with Crippen LogP contribution in [0.3, 0.4) is 0 Å². The van der Waals surface area contributed by atoms with Gasteiger partial charge in [-0.2, -0.15) is 0 Å². The first kappa shape index (κ1) is 22.7. The fourth-order valence-electron chi connectivity index (χ4n) is 4.05. The molecule has 0 bridgehead atoms. The number of benzene rings is 1. The lowest BCUT2D eigenvalue weighted by molar-refractivity contribution is -0.114. The molecule has 0 saturated heterocycles. The lowest BCUT2D eigenvalue weighted by Gasteiger charge is -2.20.